The lowest BCUT2D eigenvalue weighted by Gasteiger charge is -2.31. The highest BCUT2D eigenvalue weighted by molar-refractivity contribution is 8.02. The molecule has 3 aromatic rings. The highest BCUT2D eigenvalue weighted by Crippen LogP contribution is 2.42. The van der Waals surface area contributed by atoms with E-state index in [2.05, 4.69) is 17.5 Å². The van der Waals surface area contributed by atoms with Gasteiger partial charge in [-0.3, -0.25) is 9.59 Å². The molecule has 8 heteroatoms. The normalized spacial score (nSPS) is 17.6. The summed E-state index contributed by atoms with van der Waals surface area (Å²) in [6, 6.07) is 21.5. The number of fused-ring (bicyclic) bond motifs is 1. The predicted octanol–water partition coefficient (Wildman–Crippen LogP) is 5.56. The van der Waals surface area contributed by atoms with E-state index in [1.54, 1.807) is 18.2 Å². The van der Waals surface area contributed by atoms with Gasteiger partial charge in [-0.15, -0.1) is 11.8 Å². The van der Waals surface area contributed by atoms with Crippen LogP contribution in [0.4, 0.5) is 0 Å². The maximum Gasteiger partial charge on any atom is 0.319 e. The average Bonchev–Trinajstić information content (AvgIpc) is 2.87. The quantitative estimate of drug-likeness (QED) is 0.333. The lowest BCUT2D eigenvalue weighted by atomic mass is 9.78. The van der Waals surface area contributed by atoms with Gasteiger partial charge in [-0.1, -0.05) is 60.1 Å². The molecule has 0 radical (unpaired) electrons. The molecule has 0 bridgehead atoms. The summed E-state index contributed by atoms with van der Waals surface area (Å²) < 4.78 is 10.4. The van der Waals surface area contributed by atoms with Crippen LogP contribution >= 0.6 is 23.4 Å². The third kappa shape index (κ3) is 5.14. The fraction of sp³-hybridized carbons (Fsp3) is 0.222. The van der Waals surface area contributed by atoms with Crippen molar-refractivity contribution in [3.05, 3.63) is 87.4 Å². The SMILES string of the molecule is CCOc1ccc([C@H]2C(C#N)=C(SCc3ccc4ccccc4c3)NC(=O)[C@H]2C(=O)OC)cc1Cl. The first-order valence-electron chi connectivity index (χ1n) is 11.0. The second kappa shape index (κ2) is 10.9. The van der Waals surface area contributed by atoms with Crippen LogP contribution in [0.25, 0.3) is 10.8 Å². The number of nitrogens with zero attached hydrogens (tertiary/aromatic N) is 1. The van der Waals surface area contributed by atoms with Gasteiger partial charge >= 0.3 is 5.97 Å². The van der Waals surface area contributed by atoms with Gasteiger partial charge in [-0.05, 0) is 41.0 Å². The first-order chi connectivity index (χ1) is 17.0. The molecule has 0 unspecified atom stereocenters. The zero-order valence-electron chi connectivity index (χ0n) is 19.2. The highest BCUT2D eigenvalue weighted by atomic mass is 35.5. The Kier molecular flexibility index (Phi) is 7.64. The Morgan fingerprint density at radius 1 is 1.14 bits per heavy atom. The van der Waals surface area contributed by atoms with E-state index in [-0.39, 0.29) is 5.57 Å². The third-order valence-corrected chi connectivity index (χ3v) is 7.18. The molecular weight excluding hydrogens is 484 g/mol. The van der Waals surface area contributed by atoms with Crippen molar-refractivity contribution in [3.63, 3.8) is 0 Å². The molecule has 1 aliphatic heterocycles. The number of hydrogen-bond donors (Lipinski definition) is 1. The molecule has 1 N–H and O–H groups in total. The van der Waals surface area contributed by atoms with E-state index < -0.39 is 23.7 Å². The molecule has 4 rings (SSSR count). The third-order valence-electron chi connectivity index (χ3n) is 5.80. The summed E-state index contributed by atoms with van der Waals surface area (Å²) in [6.07, 6.45) is 0. The molecule has 6 nitrogen and oxygen atoms in total. The molecule has 0 spiro atoms. The molecule has 1 amide bonds. The number of thioether (sulfide) groups is 1. The Hall–Kier alpha value is -3.47. The molecular formula is C27H23ClN2O4S. The zero-order valence-corrected chi connectivity index (χ0v) is 20.8. The van der Waals surface area contributed by atoms with Crippen molar-refractivity contribution in [2.24, 2.45) is 5.92 Å². The van der Waals surface area contributed by atoms with Crippen molar-refractivity contribution < 1.29 is 19.1 Å². The molecule has 0 aromatic heterocycles. The van der Waals surface area contributed by atoms with Gasteiger partial charge in [0.15, 0.2) is 0 Å². The number of halogens is 1. The monoisotopic (exact) mass is 506 g/mol. The zero-order chi connectivity index (χ0) is 24.9. The number of allylic oxidation sites excluding steroid dienone is 1. The van der Waals surface area contributed by atoms with Gasteiger partial charge in [0, 0.05) is 11.7 Å². The van der Waals surface area contributed by atoms with E-state index >= 15 is 0 Å². The summed E-state index contributed by atoms with van der Waals surface area (Å²) >= 11 is 7.74. The molecule has 35 heavy (non-hydrogen) atoms. The Balaban J connectivity index is 1.71. The molecule has 0 saturated carbocycles. The Morgan fingerprint density at radius 3 is 2.60 bits per heavy atom. The summed E-state index contributed by atoms with van der Waals surface area (Å²) in [7, 11) is 1.22. The van der Waals surface area contributed by atoms with E-state index in [0.29, 0.717) is 33.7 Å². The number of nitrogens with one attached hydrogen (secondary N) is 1. The molecule has 178 valence electrons. The number of amides is 1. The molecule has 0 aliphatic carbocycles. The van der Waals surface area contributed by atoms with Crippen LogP contribution in [0.2, 0.25) is 5.02 Å². The summed E-state index contributed by atoms with van der Waals surface area (Å²) in [4.78, 5) is 25.7. The minimum absolute atomic E-state index is 0.283. The van der Waals surface area contributed by atoms with Crippen LogP contribution in [0.1, 0.15) is 24.0 Å². The van der Waals surface area contributed by atoms with Gasteiger partial charge < -0.3 is 14.8 Å². The van der Waals surface area contributed by atoms with Crippen molar-refractivity contribution >= 4 is 46.0 Å². The van der Waals surface area contributed by atoms with Crippen molar-refractivity contribution in [2.45, 2.75) is 18.6 Å². The van der Waals surface area contributed by atoms with Gasteiger partial charge in [0.2, 0.25) is 5.91 Å². The van der Waals surface area contributed by atoms with E-state index in [0.717, 1.165) is 16.3 Å². The number of rotatable bonds is 7. The molecule has 1 aliphatic rings. The van der Waals surface area contributed by atoms with Crippen molar-refractivity contribution in [1.82, 2.24) is 5.32 Å². The number of carbonyl (C=O) groups is 2. The summed E-state index contributed by atoms with van der Waals surface area (Å²) in [5.41, 5.74) is 1.89. The predicted molar refractivity (Wildman–Crippen MR) is 137 cm³/mol. The summed E-state index contributed by atoms with van der Waals surface area (Å²) in [5, 5.41) is 15.9. The summed E-state index contributed by atoms with van der Waals surface area (Å²) in [5.74, 6) is -2.27. The number of nitriles is 1. The minimum Gasteiger partial charge on any atom is -0.492 e. The van der Waals surface area contributed by atoms with Crippen molar-refractivity contribution in [3.8, 4) is 11.8 Å². The lowest BCUT2D eigenvalue weighted by molar-refractivity contribution is -0.150. The first kappa shape index (κ1) is 24.6. The minimum atomic E-state index is -1.21. The van der Waals surface area contributed by atoms with E-state index in [4.69, 9.17) is 21.1 Å². The fourth-order valence-electron chi connectivity index (χ4n) is 4.15. The average molecular weight is 507 g/mol. The molecule has 0 saturated heterocycles. The Bertz CT molecular complexity index is 1360. The van der Waals surface area contributed by atoms with E-state index in [9.17, 15) is 14.9 Å². The fourth-order valence-corrected chi connectivity index (χ4v) is 5.38. The first-order valence-corrected chi connectivity index (χ1v) is 12.4. The Morgan fingerprint density at radius 2 is 1.91 bits per heavy atom. The van der Waals surface area contributed by atoms with Crippen LogP contribution in [0.5, 0.6) is 5.75 Å². The van der Waals surface area contributed by atoms with Crippen LogP contribution in [0, 0.1) is 17.2 Å². The summed E-state index contributed by atoms with van der Waals surface area (Å²) in [6.45, 7) is 2.28. The van der Waals surface area contributed by atoms with Crippen molar-refractivity contribution in [1.29, 1.82) is 5.26 Å². The number of esters is 1. The van der Waals surface area contributed by atoms with E-state index in [1.165, 1.54) is 18.9 Å². The van der Waals surface area contributed by atoms with Crippen LogP contribution in [0.3, 0.4) is 0 Å². The number of carbonyl (C=O) groups excluding carboxylic acids is 2. The van der Waals surface area contributed by atoms with E-state index in [1.807, 2.05) is 43.3 Å². The second-order valence-electron chi connectivity index (χ2n) is 7.92. The van der Waals surface area contributed by atoms with Gasteiger partial charge in [-0.2, -0.15) is 5.26 Å². The smallest absolute Gasteiger partial charge is 0.319 e. The van der Waals surface area contributed by atoms with Gasteiger partial charge in [-0.25, -0.2) is 0 Å². The maximum absolute atomic E-state index is 13.1. The van der Waals surface area contributed by atoms with Crippen LogP contribution < -0.4 is 10.1 Å². The highest BCUT2D eigenvalue weighted by Gasteiger charge is 2.44. The second-order valence-corrected chi connectivity index (χ2v) is 9.31. The largest absolute Gasteiger partial charge is 0.492 e. The number of methoxy groups -OCH3 is 1. The number of benzene rings is 3. The molecule has 0 fully saturated rings. The standard InChI is InChI=1S/C27H23ClN2O4S/c1-3-34-22-11-10-19(13-21(22)28)23-20(14-29)26(30-25(31)24(23)27(32)33-2)35-15-16-8-9-17-6-4-5-7-18(17)12-16/h4-13,23-24H,3,15H2,1-2H3,(H,30,31)/t23-,24-/m0/s1. The molecule has 2 atom stereocenters. The van der Waals surface area contributed by atoms with Crippen LogP contribution in [-0.2, 0) is 20.1 Å². The van der Waals surface area contributed by atoms with Gasteiger partial charge in [0.25, 0.3) is 0 Å². The lowest BCUT2D eigenvalue weighted by Crippen LogP contribution is -2.44. The van der Waals surface area contributed by atoms with Gasteiger partial charge in [0.05, 0.1) is 35.4 Å². The molecule has 1 heterocycles. The number of hydrogen-bond acceptors (Lipinski definition) is 6. The van der Waals surface area contributed by atoms with Crippen LogP contribution in [-0.4, -0.2) is 25.6 Å². The van der Waals surface area contributed by atoms with Gasteiger partial charge in [0.1, 0.15) is 11.7 Å². The van der Waals surface area contributed by atoms with Crippen LogP contribution in [0.15, 0.2) is 71.3 Å². The Labute approximate surface area is 212 Å². The van der Waals surface area contributed by atoms with Crippen molar-refractivity contribution in [2.75, 3.05) is 13.7 Å². The topological polar surface area (TPSA) is 88.4 Å². The maximum atomic E-state index is 13.1. The number of ether oxygens (including phenoxy) is 2. The molecule has 3 aromatic carbocycles.